The van der Waals surface area contributed by atoms with E-state index in [4.69, 9.17) is 0 Å². The Morgan fingerprint density at radius 2 is 1.92 bits per heavy atom. The molecule has 0 aromatic rings. The fraction of sp³-hybridized carbons (Fsp3) is 0.889. The lowest BCUT2D eigenvalue weighted by atomic mass is 10.3. The third-order valence-corrected chi connectivity index (χ3v) is 2.23. The van der Waals surface area contributed by atoms with Gasteiger partial charge in [0, 0.05) is 6.42 Å². The van der Waals surface area contributed by atoms with Crippen molar-refractivity contribution < 1.29 is 31.0 Å². The Kier molecular flexibility index (Phi) is 8.67. The van der Waals surface area contributed by atoms with Gasteiger partial charge in [-0.2, -0.15) is 0 Å². The largest absolute Gasteiger partial charge is 1.00 e. The number of ether oxygens (including phenoxy) is 1. The predicted octanol–water partition coefficient (Wildman–Crippen LogP) is -1.96. The molecular weight excluding hydrogens is 234 g/mol. The summed E-state index contributed by atoms with van der Waals surface area (Å²) in [4.78, 5) is 10.8. The third kappa shape index (κ3) is 8.25. The molecule has 13 heavy (non-hydrogen) atoms. The minimum atomic E-state index is -0.105. The molecule has 0 N–H and O–H groups in total. The number of carbonyl (C=O) groups excluding carboxylic acids is 1. The second kappa shape index (κ2) is 7.33. The molecule has 0 heterocycles. The Bertz CT molecular complexity index is 149. The Hall–Kier alpha value is -0.0900. The number of quaternary nitrogens is 1. The van der Waals surface area contributed by atoms with Crippen LogP contribution in [0.15, 0.2) is 0 Å². The van der Waals surface area contributed by atoms with Gasteiger partial charge in [0.25, 0.3) is 0 Å². The molecule has 0 fully saturated rings. The van der Waals surface area contributed by atoms with E-state index < -0.39 is 0 Å². The van der Waals surface area contributed by atoms with Crippen molar-refractivity contribution in [3.63, 3.8) is 0 Å². The first kappa shape index (κ1) is 15.4. The van der Waals surface area contributed by atoms with Crippen LogP contribution in [0.3, 0.4) is 0 Å². The number of methoxy groups -OCH3 is 1. The van der Waals surface area contributed by atoms with Gasteiger partial charge in [-0.15, -0.1) is 0 Å². The molecule has 0 spiro atoms. The van der Waals surface area contributed by atoms with Crippen LogP contribution in [0.2, 0.25) is 0 Å². The standard InChI is InChI=1S/C9H20NO2.BrH/c1-5-10(2,3)8-6-7-9(11)12-4;/h5-8H2,1-4H3;1H/q+1;/p-1. The molecule has 0 aliphatic carbocycles. The summed E-state index contributed by atoms with van der Waals surface area (Å²) < 4.78 is 5.52. The number of nitrogens with zero attached hydrogens (tertiary/aromatic N) is 1. The van der Waals surface area contributed by atoms with Gasteiger partial charge in [-0.25, -0.2) is 0 Å². The van der Waals surface area contributed by atoms with Gasteiger partial charge in [0.1, 0.15) is 0 Å². The zero-order valence-electron chi connectivity index (χ0n) is 8.97. The monoisotopic (exact) mass is 253 g/mol. The van der Waals surface area contributed by atoms with E-state index >= 15 is 0 Å². The van der Waals surface area contributed by atoms with Gasteiger partial charge in [0.05, 0.1) is 40.7 Å². The molecule has 80 valence electrons. The number of esters is 1. The van der Waals surface area contributed by atoms with Crippen LogP contribution in [-0.2, 0) is 9.53 Å². The average Bonchev–Trinajstić information content (AvgIpc) is 2.04. The Labute approximate surface area is 91.4 Å². The lowest BCUT2D eigenvalue weighted by Gasteiger charge is -2.27. The van der Waals surface area contributed by atoms with Gasteiger partial charge in [-0.1, -0.05) is 0 Å². The van der Waals surface area contributed by atoms with Crippen LogP contribution in [-0.4, -0.2) is 44.7 Å². The van der Waals surface area contributed by atoms with Gasteiger partial charge < -0.3 is 26.2 Å². The maximum atomic E-state index is 10.8. The van der Waals surface area contributed by atoms with Crippen LogP contribution in [0.1, 0.15) is 19.8 Å². The number of carbonyl (C=O) groups is 1. The minimum Gasteiger partial charge on any atom is -1.00 e. The van der Waals surface area contributed by atoms with Crippen LogP contribution in [0.25, 0.3) is 0 Å². The summed E-state index contributed by atoms with van der Waals surface area (Å²) in [5, 5.41) is 0. The van der Waals surface area contributed by atoms with Crippen molar-refractivity contribution in [2.24, 2.45) is 0 Å². The molecule has 4 heteroatoms. The van der Waals surface area contributed by atoms with E-state index in [1.165, 1.54) is 7.11 Å². The number of hydrogen-bond acceptors (Lipinski definition) is 2. The van der Waals surface area contributed by atoms with Crippen LogP contribution in [0.5, 0.6) is 0 Å². The van der Waals surface area contributed by atoms with Crippen LogP contribution >= 0.6 is 0 Å². The van der Waals surface area contributed by atoms with Crippen molar-refractivity contribution in [2.75, 3.05) is 34.3 Å². The van der Waals surface area contributed by atoms with E-state index in [2.05, 4.69) is 25.8 Å². The Morgan fingerprint density at radius 1 is 1.38 bits per heavy atom. The SMILES string of the molecule is CC[N+](C)(C)CCCC(=O)OC.[Br-]. The molecule has 0 saturated carbocycles. The van der Waals surface area contributed by atoms with Gasteiger partial charge >= 0.3 is 5.97 Å². The fourth-order valence-electron chi connectivity index (χ4n) is 0.912. The van der Waals surface area contributed by atoms with Gasteiger partial charge in [0.2, 0.25) is 0 Å². The molecular formula is C9H20BrNO2. The highest BCUT2D eigenvalue weighted by atomic mass is 79.9. The molecule has 0 aromatic carbocycles. The van der Waals surface area contributed by atoms with Gasteiger partial charge in [-0.05, 0) is 6.92 Å². The first-order valence-electron chi connectivity index (χ1n) is 4.40. The van der Waals surface area contributed by atoms with Crippen molar-refractivity contribution >= 4 is 5.97 Å². The van der Waals surface area contributed by atoms with E-state index in [0.717, 1.165) is 24.0 Å². The molecule has 0 saturated heterocycles. The van der Waals surface area contributed by atoms with E-state index in [9.17, 15) is 4.79 Å². The smallest absolute Gasteiger partial charge is 0.305 e. The molecule has 0 amide bonds. The second-order valence-corrected chi connectivity index (χ2v) is 3.66. The first-order chi connectivity index (χ1) is 5.52. The van der Waals surface area contributed by atoms with E-state index in [1.807, 2.05) is 0 Å². The molecule has 0 rings (SSSR count). The molecule has 0 aliphatic rings. The second-order valence-electron chi connectivity index (χ2n) is 3.66. The van der Waals surface area contributed by atoms with Crippen LogP contribution in [0.4, 0.5) is 0 Å². The molecule has 0 radical (unpaired) electrons. The molecule has 0 bridgehead atoms. The summed E-state index contributed by atoms with van der Waals surface area (Å²) in [5.41, 5.74) is 0. The van der Waals surface area contributed by atoms with Crippen LogP contribution < -0.4 is 17.0 Å². The van der Waals surface area contributed by atoms with Gasteiger partial charge in [-0.3, -0.25) is 4.79 Å². The highest BCUT2D eigenvalue weighted by molar-refractivity contribution is 5.68. The first-order valence-corrected chi connectivity index (χ1v) is 4.40. The lowest BCUT2D eigenvalue weighted by Crippen LogP contribution is -3.00. The lowest BCUT2D eigenvalue weighted by molar-refractivity contribution is -0.888. The topological polar surface area (TPSA) is 26.3 Å². The summed E-state index contributed by atoms with van der Waals surface area (Å²) in [6.07, 6.45) is 1.45. The van der Waals surface area contributed by atoms with Gasteiger partial charge in [0.15, 0.2) is 0 Å². The maximum Gasteiger partial charge on any atom is 0.305 e. The van der Waals surface area contributed by atoms with Crippen molar-refractivity contribution in [1.82, 2.24) is 0 Å². The Morgan fingerprint density at radius 3 is 2.31 bits per heavy atom. The molecule has 3 nitrogen and oxygen atoms in total. The van der Waals surface area contributed by atoms with Crippen molar-refractivity contribution in [2.45, 2.75) is 19.8 Å². The summed E-state index contributed by atoms with van der Waals surface area (Å²) in [7, 11) is 5.76. The summed E-state index contributed by atoms with van der Waals surface area (Å²) in [6, 6.07) is 0. The summed E-state index contributed by atoms with van der Waals surface area (Å²) in [5.74, 6) is -0.105. The predicted molar refractivity (Wildman–Crippen MR) is 48.8 cm³/mol. The highest BCUT2D eigenvalue weighted by Gasteiger charge is 2.12. The minimum absolute atomic E-state index is 0. The molecule has 0 unspecified atom stereocenters. The fourth-order valence-corrected chi connectivity index (χ4v) is 0.912. The molecule has 0 aromatic heterocycles. The number of hydrogen-bond donors (Lipinski definition) is 0. The highest BCUT2D eigenvalue weighted by Crippen LogP contribution is 2.01. The quantitative estimate of drug-likeness (QED) is 0.421. The van der Waals surface area contributed by atoms with E-state index in [1.54, 1.807) is 0 Å². The Balaban J connectivity index is 0. The van der Waals surface area contributed by atoms with Crippen LogP contribution in [0, 0.1) is 0 Å². The third-order valence-electron chi connectivity index (χ3n) is 2.23. The summed E-state index contributed by atoms with van der Waals surface area (Å²) in [6.45, 7) is 4.28. The van der Waals surface area contributed by atoms with Crippen molar-refractivity contribution in [1.29, 1.82) is 0 Å². The zero-order valence-corrected chi connectivity index (χ0v) is 10.6. The number of halogens is 1. The zero-order chi connectivity index (χ0) is 9.61. The van der Waals surface area contributed by atoms with Crippen molar-refractivity contribution in [3.05, 3.63) is 0 Å². The summed E-state index contributed by atoms with van der Waals surface area (Å²) >= 11 is 0. The van der Waals surface area contributed by atoms with E-state index in [-0.39, 0.29) is 23.0 Å². The molecule has 0 aliphatic heterocycles. The average molecular weight is 254 g/mol. The van der Waals surface area contributed by atoms with E-state index in [0.29, 0.717) is 6.42 Å². The van der Waals surface area contributed by atoms with Crippen molar-refractivity contribution in [3.8, 4) is 0 Å². The maximum absolute atomic E-state index is 10.8. The molecule has 0 atom stereocenters. The normalized spacial score (nSPS) is 10.5. The number of rotatable bonds is 5.